The quantitative estimate of drug-likeness (QED) is 0.0524. The van der Waals surface area contributed by atoms with E-state index in [0.29, 0.717) is 42.7 Å². The number of ether oxygens (including phenoxy) is 2. The Morgan fingerprint density at radius 1 is 0.948 bits per heavy atom. The topological polar surface area (TPSA) is 209 Å². The van der Waals surface area contributed by atoms with Crippen LogP contribution in [0.1, 0.15) is 111 Å². The highest BCUT2D eigenvalue weighted by Crippen LogP contribution is 2.53. The van der Waals surface area contributed by atoms with Gasteiger partial charge in [-0.15, -0.1) is 0 Å². The number of aromatic amines is 1. The first-order valence-corrected chi connectivity index (χ1v) is 28.4. The van der Waals surface area contributed by atoms with Gasteiger partial charge in [-0.05, 0) is 147 Å². The summed E-state index contributed by atoms with van der Waals surface area (Å²) in [7, 11) is -2.90. The number of nitrogens with zero attached hydrogens (tertiary/aromatic N) is 5. The smallest absolute Gasteiger partial charge is 0.293 e. The third kappa shape index (κ3) is 11.0. The zero-order valence-electron chi connectivity index (χ0n) is 44.2. The average Bonchev–Trinajstić information content (AvgIpc) is 4.13. The Bertz CT molecular complexity index is 3420. The normalized spacial score (nSPS) is 21.4. The molecule has 0 unspecified atom stereocenters. The molecule has 77 heavy (non-hydrogen) atoms. The van der Waals surface area contributed by atoms with Crippen molar-refractivity contribution < 1.29 is 37.1 Å². The molecule has 18 heteroatoms. The fraction of sp³-hybridized carbons (Fsp3) is 0.424. The molecule has 404 valence electrons. The number of piperazine rings is 1. The molecule has 0 bridgehead atoms. The van der Waals surface area contributed by atoms with Gasteiger partial charge in [-0.3, -0.25) is 24.7 Å². The molecule has 2 aliphatic carbocycles. The van der Waals surface area contributed by atoms with E-state index in [4.69, 9.17) is 13.9 Å². The molecule has 1 atom stereocenters. The van der Waals surface area contributed by atoms with E-state index in [9.17, 15) is 28.4 Å². The van der Waals surface area contributed by atoms with Gasteiger partial charge in [0.15, 0.2) is 11.3 Å². The van der Waals surface area contributed by atoms with Crippen molar-refractivity contribution in [2.45, 2.75) is 107 Å². The molecule has 11 rings (SSSR count). The number of hydrogen-bond donors (Lipinski definition) is 4. The molecule has 2 saturated heterocycles. The number of piperidine rings is 1. The second-order valence-electron chi connectivity index (χ2n) is 22.5. The summed E-state index contributed by atoms with van der Waals surface area (Å²) in [5.41, 5.74) is 5.49. The molecule has 17 nitrogen and oxygen atoms in total. The molecular formula is C59H68N8O9S. The summed E-state index contributed by atoms with van der Waals surface area (Å²) in [6.07, 6.45) is 12.1. The van der Waals surface area contributed by atoms with E-state index in [-0.39, 0.29) is 34.4 Å². The number of H-pyrrole nitrogens is 1. The van der Waals surface area contributed by atoms with Gasteiger partial charge in [-0.25, -0.2) is 18.1 Å². The van der Waals surface area contributed by atoms with Crippen LogP contribution < -0.4 is 24.4 Å². The van der Waals surface area contributed by atoms with E-state index in [1.165, 1.54) is 28.8 Å². The lowest BCUT2D eigenvalue weighted by Crippen LogP contribution is -2.60. The minimum absolute atomic E-state index is 0.0338. The Hall–Kier alpha value is -6.99. The predicted molar refractivity (Wildman–Crippen MR) is 296 cm³/mol. The highest BCUT2D eigenvalue weighted by Gasteiger charge is 2.50. The Morgan fingerprint density at radius 3 is 2.51 bits per heavy atom. The van der Waals surface area contributed by atoms with Crippen molar-refractivity contribution in [3.8, 4) is 17.2 Å². The molecule has 4 N–H and O–H groups in total. The molecule has 4 fully saturated rings. The zero-order valence-corrected chi connectivity index (χ0v) is 45.0. The van der Waals surface area contributed by atoms with Crippen LogP contribution in [0.15, 0.2) is 119 Å². The van der Waals surface area contributed by atoms with E-state index >= 15 is 0 Å². The number of hydrogen-bond acceptors (Lipinski definition) is 14. The van der Waals surface area contributed by atoms with E-state index < -0.39 is 37.0 Å². The molecular weight excluding hydrogens is 997 g/mol. The number of carbonyl (C=O) groups is 1. The molecule has 3 aromatic heterocycles. The number of nitro benzene ring substituents is 1. The van der Waals surface area contributed by atoms with Crippen molar-refractivity contribution in [3.05, 3.63) is 142 Å². The van der Waals surface area contributed by atoms with Crippen molar-refractivity contribution in [2.24, 2.45) is 11.3 Å². The monoisotopic (exact) mass is 1060 g/mol. The fourth-order valence-corrected chi connectivity index (χ4v) is 13.5. The van der Waals surface area contributed by atoms with Crippen LogP contribution in [-0.4, -0.2) is 102 Å². The molecule has 2 aliphatic heterocycles. The van der Waals surface area contributed by atoms with Gasteiger partial charge in [0.2, 0.25) is 0 Å². The van der Waals surface area contributed by atoms with Gasteiger partial charge >= 0.3 is 0 Å². The third-order valence-corrected chi connectivity index (χ3v) is 18.3. The summed E-state index contributed by atoms with van der Waals surface area (Å²) in [5, 5.41) is 27.6. The van der Waals surface area contributed by atoms with Crippen LogP contribution in [0.25, 0.3) is 22.0 Å². The zero-order chi connectivity index (χ0) is 53.6. The summed E-state index contributed by atoms with van der Waals surface area (Å²) in [5.74, 6) is 0.884. The Morgan fingerprint density at radius 2 is 1.74 bits per heavy atom. The maximum absolute atomic E-state index is 14.1. The highest BCUT2D eigenvalue weighted by molar-refractivity contribution is 7.90. The molecule has 4 aliphatic rings. The van der Waals surface area contributed by atoms with Crippen LogP contribution in [0.3, 0.4) is 0 Å². The number of benzene rings is 4. The third-order valence-electron chi connectivity index (χ3n) is 17.0. The van der Waals surface area contributed by atoms with Crippen molar-refractivity contribution >= 4 is 55.0 Å². The van der Waals surface area contributed by atoms with Gasteiger partial charge in [0.05, 0.1) is 40.6 Å². The molecule has 5 heterocycles. The number of aliphatic hydroxyl groups is 1. The minimum atomic E-state index is -4.60. The summed E-state index contributed by atoms with van der Waals surface area (Å²) in [4.78, 5) is 40.6. The van der Waals surface area contributed by atoms with Gasteiger partial charge in [-0.1, -0.05) is 38.1 Å². The number of rotatable bonds is 16. The lowest BCUT2D eigenvalue weighted by molar-refractivity contribution is -0.384. The van der Waals surface area contributed by atoms with Gasteiger partial charge in [-0.2, -0.15) is 0 Å². The Kier molecular flexibility index (Phi) is 14.3. The van der Waals surface area contributed by atoms with Gasteiger partial charge in [0.1, 0.15) is 22.8 Å². The van der Waals surface area contributed by atoms with E-state index in [1.807, 2.05) is 25.1 Å². The van der Waals surface area contributed by atoms with Crippen molar-refractivity contribution in [2.75, 3.05) is 56.6 Å². The Balaban J connectivity index is 0.781. The number of fused-ring (bicyclic) bond motifs is 2. The second-order valence-corrected chi connectivity index (χ2v) is 24.2. The standard InChI is InChI=1S/C59H68N8O9S/c1-38(2)47-7-5-6-8-48(47)52-37-64(36-40-27-41-16-26-75-55(41)54(28-40)74-4)24-25-66(52)44-32-59(33-44)19-22-65(23-20-59)43-9-11-49(53(30-43)76-45-29-42-15-21-60-56(42)62-35-45)57(68)63-77(72,73)46-10-12-50(51(31-46)67(70)71)61-34-39-13-17-58(3,69)18-14-39/h5-12,15-16,21,26-31,35,38-39,44,52,61,69H,13-14,17-20,22-25,32-34,36-37H2,1-4H3,(H,60,62)(H,63,68)/t39?,52-,58?/m0/s1. The lowest BCUT2D eigenvalue weighted by atomic mass is 9.59. The van der Waals surface area contributed by atoms with Gasteiger partial charge < -0.3 is 34.2 Å². The first kappa shape index (κ1) is 52.1. The number of anilines is 2. The fourth-order valence-electron chi connectivity index (χ4n) is 12.5. The number of carbonyl (C=O) groups excluding carboxylic acids is 1. The number of sulfonamides is 1. The summed E-state index contributed by atoms with van der Waals surface area (Å²) >= 11 is 0. The average molecular weight is 1070 g/mol. The molecule has 0 radical (unpaired) electrons. The number of furan rings is 1. The second kappa shape index (κ2) is 21.1. The van der Waals surface area contributed by atoms with Gasteiger partial charge in [0.25, 0.3) is 21.6 Å². The van der Waals surface area contributed by atoms with Crippen LogP contribution in [0.2, 0.25) is 0 Å². The largest absolute Gasteiger partial charge is 0.493 e. The number of amides is 1. The first-order valence-electron chi connectivity index (χ1n) is 27.0. The first-order chi connectivity index (χ1) is 37.0. The van der Waals surface area contributed by atoms with Crippen LogP contribution in [0.4, 0.5) is 17.1 Å². The lowest BCUT2D eigenvalue weighted by Gasteiger charge is -2.58. The Labute approximate surface area is 449 Å². The van der Waals surface area contributed by atoms with Crippen LogP contribution in [0, 0.1) is 21.4 Å². The van der Waals surface area contributed by atoms with E-state index in [0.717, 1.165) is 112 Å². The summed E-state index contributed by atoms with van der Waals surface area (Å²) in [6, 6.07) is 28.4. The maximum atomic E-state index is 14.1. The molecule has 2 saturated carbocycles. The van der Waals surface area contributed by atoms with Crippen LogP contribution in [-0.2, 0) is 16.6 Å². The van der Waals surface area contributed by atoms with Crippen LogP contribution >= 0.6 is 0 Å². The molecule has 7 aromatic rings. The summed E-state index contributed by atoms with van der Waals surface area (Å²) < 4.78 is 47.8. The van der Waals surface area contributed by atoms with Crippen molar-refractivity contribution in [1.29, 1.82) is 0 Å². The molecule has 1 amide bonds. The minimum Gasteiger partial charge on any atom is -0.493 e. The molecule has 4 aromatic carbocycles. The van der Waals surface area contributed by atoms with Crippen LogP contribution in [0.5, 0.6) is 17.2 Å². The predicted octanol–water partition coefficient (Wildman–Crippen LogP) is 10.9. The highest BCUT2D eigenvalue weighted by atomic mass is 32.2. The summed E-state index contributed by atoms with van der Waals surface area (Å²) in [6.45, 7) is 12.1. The SMILES string of the molecule is COc1cc(CN2CCN(C3CC4(CCN(c5ccc(C(=O)NS(=O)(=O)c6ccc(NCC7CCC(C)(O)CC7)c([N+](=O)[O-])c6)c(Oc6cnc7[nH]ccc7c6)c5)CC4)C3)[C@H](c3ccccc3C(C)C)C2)cc2ccoc12. The van der Waals surface area contributed by atoms with E-state index in [2.05, 4.69) is 85.0 Å². The number of aromatic nitrogens is 2. The maximum Gasteiger partial charge on any atom is 0.293 e. The number of nitro groups is 1. The number of nitrogens with one attached hydrogen (secondary N) is 3. The molecule has 1 spiro atoms. The number of methoxy groups -OCH3 is 1. The van der Waals surface area contributed by atoms with Gasteiger partial charge in [0, 0.05) is 92.7 Å². The van der Waals surface area contributed by atoms with E-state index in [1.54, 1.807) is 44.0 Å². The van der Waals surface area contributed by atoms with Crippen molar-refractivity contribution in [3.63, 3.8) is 0 Å². The number of pyridine rings is 1. The van der Waals surface area contributed by atoms with Crippen molar-refractivity contribution in [1.82, 2.24) is 24.5 Å².